The van der Waals surface area contributed by atoms with Crippen molar-refractivity contribution in [2.24, 2.45) is 0 Å². The maximum atomic E-state index is 13.7. The van der Waals surface area contributed by atoms with E-state index in [1.165, 1.54) is 28.6 Å². The lowest BCUT2D eigenvalue weighted by Gasteiger charge is -2.41. The molecule has 2 unspecified atom stereocenters. The van der Waals surface area contributed by atoms with Crippen LogP contribution in [0.3, 0.4) is 0 Å². The van der Waals surface area contributed by atoms with E-state index in [-0.39, 0.29) is 17.1 Å². The highest BCUT2D eigenvalue weighted by molar-refractivity contribution is 7.93. The number of para-hydroxylation sites is 2. The number of likely N-dealkylation sites (tertiary alicyclic amines) is 1. The first kappa shape index (κ1) is 20.8. The first-order valence-corrected chi connectivity index (χ1v) is 10.5. The van der Waals surface area contributed by atoms with Crippen molar-refractivity contribution in [1.29, 1.82) is 0 Å². The van der Waals surface area contributed by atoms with Gasteiger partial charge in [-0.25, -0.2) is 13.9 Å². The van der Waals surface area contributed by atoms with Gasteiger partial charge in [-0.15, -0.1) is 0 Å². The largest absolute Gasteiger partial charge is 0.456 e. The molecule has 2 atom stereocenters. The minimum absolute atomic E-state index is 0.0304. The highest BCUT2D eigenvalue weighted by Gasteiger charge is 2.57. The summed E-state index contributed by atoms with van der Waals surface area (Å²) in [4.78, 5) is 26.3. The predicted molar refractivity (Wildman–Crippen MR) is 104 cm³/mol. The second kappa shape index (κ2) is 7.84. The number of hydrogen-bond acceptors (Lipinski definition) is 6. The number of benzene rings is 2. The molecule has 9 heteroatoms. The maximum absolute atomic E-state index is 13.7. The van der Waals surface area contributed by atoms with Crippen LogP contribution in [-0.2, 0) is 19.4 Å². The zero-order chi connectivity index (χ0) is 21.2. The highest BCUT2D eigenvalue weighted by atomic mass is 32.2. The molecule has 1 aliphatic rings. The zero-order valence-corrected chi connectivity index (χ0v) is 16.8. The van der Waals surface area contributed by atoms with Gasteiger partial charge in [0.2, 0.25) is 5.91 Å². The first-order valence-electron chi connectivity index (χ1n) is 8.99. The van der Waals surface area contributed by atoms with Crippen LogP contribution < -0.4 is 10.2 Å². The third-order valence-electron chi connectivity index (χ3n) is 5.26. The molecule has 8 nitrogen and oxygen atoms in total. The van der Waals surface area contributed by atoms with Gasteiger partial charge in [-0.3, -0.25) is 14.8 Å². The Balaban J connectivity index is 2.13. The average Bonchev–Trinajstić information content (AvgIpc) is 2.72. The monoisotopic (exact) mass is 418 g/mol. The summed E-state index contributed by atoms with van der Waals surface area (Å²) < 4.78 is 31.0. The van der Waals surface area contributed by atoms with Gasteiger partial charge in [-0.2, -0.15) is 0 Å². The van der Waals surface area contributed by atoms with Crippen molar-refractivity contribution in [3.8, 4) is 11.5 Å². The number of carbonyl (C=O) groups is 2. The Morgan fingerprint density at radius 3 is 2.41 bits per heavy atom. The Bertz CT molecular complexity index is 1020. The molecule has 2 amide bonds. The fraction of sp³-hybridized carbons (Fsp3) is 0.300. The molecule has 0 bridgehead atoms. The van der Waals surface area contributed by atoms with Gasteiger partial charge in [0.25, 0.3) is 5.91 Å². The molecule has 0 radical (unpaired) electrons. The minimum atomic E-state index is -4.42. The molecule has 2 N–H and O–H groups in total. The molecule has 1 aliphatic heterocycles. The molecule has 0 aromatic heterocycles. The Morgan fingerprint density at radius 2 is 1.79 bits per heavy atom. The van der Waals surface area contributed by atoms with E-state index >= 15 is 0 Å². The number of hydrogen-bond donors (Lipinski definition) is 2. The maximum Gasteiger partial charge on any atom is 0.265 e. The van der Waals surface area contributed by atoms with E-state index in [0.29, 0.717) is 5.75 Å². The van der Waals surface area contributed by atoms with Crippen LogP contribution >= 0.6 is 0 Å². The molecule has 1 heterocycles. The van der Waals surface area contributed by atoms with Crippen molar-refractivity contribution < 1.29 is 28.0 Å². The summed E-state index contributed by atoms with van der Waals surface area (Å²) in [7, 11) is -2.87. The summed E-state index contributed by atoms with van der Waals surface area (Å²) in [6, 6.07) is 14.0. The number of hydroxylamine groups is 1. The van der Waals surface area contributed by atoms with Crippen LogP contribution in [0.2, 0.25) is 0 Å². The number of sulfone groups is 1. The van der Waals surface area contributed by atoms with E-state index in [1.807, 2.05) is 0 Å². The van der Waals surface area contributed by atoms with E-state index in [1.54, 1.807) is 50.4 Å². The van der Waals surface area contributed by atoms with Gasteiger partial charge >= 0.3 is 0 Å². The topological polar surface area (TPSA) is 113 Å². The molecule has 0 aliphatic carbocycles. The number of piperidine rings is 1. The molecular weight excluding hydrogens is 396 g/mol. The Hall–Kier alpha value is -2.91. The second-order valence-electron chi connectivity index (χ2n) is 7.04. The van der Waals surface area contributed by atoms with Gasteiger partial charge in [0, 0.05) is 13.1 Å². The Morgan fingerprint density at radius 1 is 1.17 bits per heavy atom. The number of nitrogens with zero attached hydrogens (tertiary/aromatic N) is 1. The predicted octanol–water partition coefficient (Wildman–Crippen LogP) is 2.14. The van der Waals surface area contributed by atoms with E-state index in [9.17, 15) is 23.2 Å². The van der Waals surface area contributed by atoms with Crippen molar-refractivity contribution in [2.75, 3.05) is 7.05 Å². The summed E-state index contributed by atoms with van der Waals surface area (Å²) in [6.07, 6.45) is -0.744. The molecule has 0 saturated carbocycles. The molecule has 3 rings (SSSR count). The summed E-state index contributed by atoms with van der Waals surface area (Å²) in [5, 5.41) is 9.29. The lowest BCUT2D eigenvalue weighted by molar-refractivity contribution is -0.143. The summed E-state index contributed by atoms with van der Waals surface area (Å²) in [5.74, 6) is -1.19. The molecule has 2 aromatic rings. The fourth-order valence-corrected chi connectivity index (χ4v) is 5.60. The normalized spacial score (nSPS) is 22.2. The van der Waals surface area contributed by atoms with Gasteiger partial charge < -0.3 is 9.64 Å². The van der Waals surface area contributed by atoms with Gasteiger partial charge in [0.15, 0.2) is 14.6 Å². The van der Waals surface area contributed by atoms with Crippen molar-refractivity contribution in [2.45, 2.75) is 35.4 Å². The minimum Gasteiger partial charge on any atom is -0.456 e. The van der Waals surface area contributed by atoms with Crippen LogP contribution in [0.25, 0.3) is 0 Å². The summed E-state index contributed by atoms with van der Waals surface area (Å²) in [5.41, 5.74) is 1.45. The number of amides is 2. The van der Waals surface area contributed by atoms with Crippen LogP contribution in [0.15, 0.2) is 59.5 Å². The second-order valence-corrected chi connectivity index (χ2v) is 9.26. The van der Waals surface area contributed by atoms with Crippen LogP contribution in [0, 0.1) is 0 Å². The first-order chi connectivity index (χ1) is 13.7. The number of rotatable bonds is 5. The fourth-order valence-electron chi connectivity index (χ4n) is 3.49. The molecule has 29 heavy (non-hydrogen) atoms. The molecule has 1 saturated heterocycles. The molecule has 2 aromatic carbocycles. The van der Waals surface area contributed by atoms with Crippen LogP contribution in [0.5, 0.6) is 11.5 Å². The van der Waals surface area contributed by atoms with Gasteiger partial charge in [0.1, 0.15) is 16.4 Å². The molecule has 154 valence electrons. The van der Waals surface area contributed by atoms with E-state index in [0.717, 1.165) is 0 Å². The van der Waals surface area contributed by atoms with Crippen LogP contribution in [0.4, 0.5) is 0 Å². The third-order valence-corrected chi connectivity index (χ3v) is 7.70. The van der Waals surface area contributed by atoms with Crippen molar-refractivity contribution in [3.63, 3.8) is 0 Å². The SMILES string of the molecule is CC1CC(C(=O)NO)(S(=O)(=O)c2ccccc2Oc2ccccc2)CC(=O)N1C. The molecular formula is C20H22N2O6S. The number of nitrogens with one attached hydrogen (secondary N) is 1. The number of carbonyl (C=O) groups excluding carboxylic acids is 2. The van der Waals surface area contributed by atoms with Crippen LogP contribution in [0.1, 0.15) is 19.8 Å². The lowest BCUT2D eigenvalue weighted by Crippen LogP contribution is -2.61. The highest BCUT2D eigenvalue weighted by Crippen LogP contribution is 2.42. The van der Waals surface area contributed by atoms with Crippen molar-refractivity contribution >= 4 is 21.7 Å². The third kappa shape index (κ3) is 3.58. The Kier molecular flexibility index (Phi) is 5.63. The lowest BCUT2D eigenvalue weighted by atomic mass is 9.90. The summed E-state index contributed by atoms with van der Waals surface area (Å²) >= 11 is 0. The van der Waals surface area contributed by atoms with Crippen molar-refractivity contribution in [3.05, 3.63) is 54.6 Å². The number of ether oxygens (including phenoxy) is 1. The molecule has 0 spiro atoms. The van der Waals surface area contributed by atoms with E-state index in [4.69, 9.17) is 4.74 Å². The zero-order valence-electron chi connectivity index (χ0n) is 16.0. The van der Waals surface area contributed by atoms with Crippen molar-refractivity contribution in [1.82, 2.24) is 10.4 Å². The smallest absolute Gasteiger partial charge is 0.265 e. The summed E-state index contributed by atoms with van der Waals surface area (Å²) in [6.45, 7) is 1.65. The molecule has 1 fully saturated rings. The van der Waals surface area contributed by atoms with E-state index in [2.05, 4.69) is 0 Å². The quantitative estimate of drug-likeness (QED) is 0.568. The van der Waals surface area contributed by atoms with Crippen LogP contribution in [-0.4, -0.2) is 48.2 Å². The van der Waals surface area contributed by atoms with Gasteiger partial charge in [0.05, 0.1) is 6.42 Å². The standard InChI is InChI=1S/C20H22N2O6S/c1-14-12-20(19(24)21-25,13-18(23)22(14)2)29(26,27)17-11-7-6-10-16(17)28-15-8-4-3-5-9-15/h3-11,14,25H,12-13H2,1-2H3,(H,21,24). The Labute approximate surface area is 169 Å². The van der Waals surface area contributed by atoms with E-state index < -0.39 is 38.9 Å². The van der Waals surface area contributed by atoms with Gasteiger partial charge in [-0.05, 0) is 37.6 Å². The van der Waals surface area contributed by atoms with Gasteiger partial charge in [-0.1, -0.05) is 30.3 Å². The average molecular weight is 418 g/mol.